The van der Waals surface area contributed by atoms with Crippen LogP contribution in [0.2, 0.25) is 0 Å². The number of hydrogen-bond acceptors (Lipinski definition) is 1. The highest BCUT2D eigenvalue weighted by atomic mass is 19.0. The van der Waals surface area contributed by atoms with Gasteiger partial charge in [-0.15, -0.1) is 0 Å². The average Bonchev–Trinajstić information content (AvgIpc) is 1.59. The summed E-state index contributed by atoms with van der Waals surface area (Å²) < 4.78 is 6.25. The monoisotopic (exact) mass is 151 g/mol. The molecule has 0 aliphatic heterocycles. The molecule has 0 aromatic heterocycles. The zero-order valence-electron chi connectivity index (χ0n) is 7.52. The fourth-order valence-electron chi connectivity index (χ4n) is 0.373. The van der Waals surface area contributed by atoms with E-state index in [1.807, 2.05) is 0 Å². The Morgan fingerprint density at radius 3 is 1.70 bits per heavy atom. The first-order valence-electron chi connectivity index (χ1n) is 3.34. The van der Waals surface area contributed by atoms with E-state index in [4.69, 9.17) is 4.74 Å². The van der Waals surface area contributed by atoms with Crippen molar-refractivity contribution < 1.29 is 13.9 Å². The Balaban J connectivity index is 0. The molecule has 0 saturated carbocycles. The van der Waals surface area contributed by atoms with Gasteiger partial charge in [0.2, 0.25) is 0 Å². The maximum atomic E-state index is 5.38. The van der Waals surface area contributed by atoms with Crippen molar-refractivity contribution in [1.82, 2.24) is 0 Å². The first kappa shape index (κ1) is 12.5. The zero-order valence-corrected chi connectivity index (χ0v) is 7.52. The van der Waals surface area contributed by atoms with Crippen LogP contribution < -0.4 is 4.70 Å². The van der Waals surface area contributed by atoms with Crippen LogP contribution >= 0.6 is 0 Å². The molecule has 10 heavy (non-hydrogen) atoms. The van der Waals surface area contributed by atoms with Crippen molar-refractivity contribution in [3.8, 4) is 0 Å². The van der Waals surface area contributed by atoms with E-state index < -0.39 is 0 Å². The zero-order chi connectivity index (χ0) is 7.49. The molecule has 0 spiro atoms. The van der Waals surface area contributed by atoms with Crippen LogP contribution in [0.5, 0.6) is 0 Å². The molecular formula is C7H18FNO. The van der Waals surface area contributed by atoms with Gasteiger partial charge in [-0.1, -0.05) is 0 Å². The van der Waals surface area contributed by atoms with Crippen molar-refractivity contribution in [2.45, 2.75) is 20.0 Å². The molecule has 3 heteroatoms. The molecule has 0 saturated heterocycles. The molecule has 0 atom stereocenters. The van der Waals surface area contributed by atoms with Crippen LogP contribution in [0.3, 0.4) is 0 Å². The quantitative estimate of drug-likeness (QED) is 0.337. The summed E-state index contributed by atoms with van der Waals surface area (Å²) in [4.78, 5) is 0. The molecule has 0 heterocycles. The fraction of sp³-hybridized carbons (Fsp3) is 1.00. The average molecular weight is 151 g/mol. The highest BCUT2D eigenvalue weighted by Crippen LogP contribution is 1.94. The number of halogens is 1. The molecule has 0 aliphatic rings. The van der Waals surface area contributed by atoms with Crippen molar-refractivity contribution in [2.24, 2.45) is 0 Å². The van der Waals surface area contributed by atoms with Crippen LogP contribution in [0.25, 0.3) is 0 Å². The first-order chi connectivity index (χ1) is 3.92. The Morgan fingerprint density at radius 1 is 1.20 bits per heavy atom. The minimum Gasteiger partial charge on any atom is -1.00 e. The Hall–Kier alpha value is -0.150. The van der Waals surface area contributed by atoms with E-state index in [2.05, 4.69) is 35.0 Å². The van der Waals surface area contributed by atoms with Gasteiger partial charge in [-0.25, -0.2) is 0 Å². The molecule has 64 valence electrons. The standard InChI is InChI=1S/C7H18NO.FH/c1-7(2)9-6-8(3,4)5;/h7H,6H2,1-5H3;1H/q+1;/p-1. The molecule has 0 unspecified atom stereocenters. The van der Waals surface area contributed by atoms with Gasteiger partial charge in [0.05, 0.1) is 27.2 Å². The van der Waals surface area contributed by atoms with E-state index in [0.29, 0.717) is 6.10 Å². The number of quaternary nitrogens is 1. The summed E-state index contributed by atoms with van der Waals surface area (Å²) in [6.45, 7) is 4.89. The van der Waals surface area contributed by atoms with Crippen molar-refractivity contribution in [1.29, 1.82) is 0 Å². The van der Waals surface area contributed by atoms with Gasteiger partial charge < -0.3 is 13.9 Å². The van der Waals surface area contributed by atoms with Crippen molar-refractivity contribution in [3.05, 3.63) is 0 Å². The Bertz CT molecular complexity index is 78.2. The lowest BCUT2D eigenvalue weighted by molar-refractivity contribution is -0.891. The minimum atomic E-state index is 0. The molecule has 0 amide bonds. The molecule has 0 aromatic carbocycles. The second kappa shape index (κ2) is 4.63. The maximum absolute atomic E-state index is 5.38. The minimum absolute atomic E-state index is 0. The van der Waals surface area contributed by atoms with Gasteiger partial charge in [-0.2, -0.15) is 0 Å². The molecule has 2 nitrogen and oxygen atoms in total. The van der Waals surface area contributed by atoms with E-state index >= 15 is 0 Å². The molecule has 0 aliphatic carbocycles. The summed E-state index contributed by atoms with van der Waals surface area (Å²) in [6, 6.07) is 0. The third-order valence-corrected chi connectivity index (χ3v) is 0.795. The fourth-order valence-corrected chi connectivity index (χ4v) is 0.373. The van der Waals surface area contributed by atoms with Crippen LogP contribution in [0.1, 0.15) is 13.8 Å². The van der Waals surface area contributed by atoms with Crippen LogP contribution in [0.15, 0.2) is 0 Å². The topological polar surface area (TPSA) is 9.23 Å². The Labute approximate surface area is 62.7 Å². The van der Waals surface area contributed by atoms with E-state index in [-0.39, 0.29) is 4.70 Å². The summed E-state index contributed by atoms with van der Waals surface area (Å²) in [5, 5.41) is 0. The lowest BCUT2D eigenvalue weighted by atomic mass is 10.5. The van der Waals surface area contributed by atoms with Gasteiger partial charge in [0.15, 0.2) is 6.73 Å². The van der Waals surface area contributed by atoms with Crippen molar-refractivity contribution in [3.63, 3.8) is 0 Å². The molecule has 0 fully saturated rings. The predicted octanol–water partition coefficient (Wildman–Crippen LogP) is -1.92. The van der Waals surface area contributed by atoms with E-state index in [1.165, 1.54) is 0 Å². The predicted molar refractivity (Wildman–Crippen MR) is 39.1 cm³/mol. The van der Waals surface area contributed by atoms with Gasteiger partial charge in [0.25, 0.3) is 0 Å². The lowest BCUT2D eigenvalue weighted by Crippen LogP contribution is -3.00. The normalized spacial score (nSPS) is 11.4. The lowest BCUT2D eigenvalue weighted by Gasteiger charge is -2.24. The van der Waals surface area contributed by atoms with E-state index in [1.54, 1.807) is 0 Å². The van der Waals surface area contributed by atoms with Gasteiger partial charge in [-0.05, 0) is 13.8 Å². The highest BCUT2D eigenvalue weighted by Gasteiger charge is 2.06. The molecule has 0 aromatic rings. The number of hydrogen-bond donors (Lipinski definition) is 0. The summed E-state index contributed by atoms with van der Waals surface area (Å²) >= 11 is 0. The van der Waals surface area contributed by atoms with Gasteiger partial charge in [0.1, 0.15) is 0 Å². The molecule has 0 radical (unpaired) electrons. The second-order valence-electron chi connectivity index (χ2n) is 3.63. The van der Waals surface area contributed by atoms with Crippen molar-refractivity contribution >= 4 is 0 Å². The van der Waals surface area contributed by atoms with Gasteiger partial charge in [-0.3, -0.25) is 0 Å². The van der Waals surface area contributed by atoms with Crippen LogP contribution in [0, 0.1) is 0 Å². The SMILES string of the molecule is CC(C)OC[N+](C)(C)C.[F-]. The van der Waals surface area contributed by atoms with Crippen LogP contribution in [-0.4, -0.2) is 38.5 Å². The largest absolute Gasteiger partial charge is 1.00 e. The maximum Gasteiger partial charge on any atom is 0.182 e. The van der Waals surface area contributed by atoms with Crippen LogP contribution in [-0.2, 0) is 4.74 Å². The first-order valence-corrected chi connectivity index (χ1v) is 3.34. The summed E-state index contributed by atoms with van der Waals surface area (Å²) in [6.07, 6.45) is 0.349. The highest BCUT2D eigenvalue weighted by molar-refractivity contribution is 4.29. The van der Waals surface area contributed by atoms with Crippen LogP contribution in [0.4, 0.5) is 0 Å². The smallest absolute Gasteiger partial charge is 0.182 e. The van der Waals surface area contributed by atoms with Gasteiger partial charge >= 0.3 is 0 Å². The van der Waals surface area contributed by atoms with E-state index in [0.717, 1.165) is 11.2 Å². The Kier molecular flexibility index (Phi) is 5.80. The number of nitrogens with zero attached hydrogens (tertiary/aromatic N) is 1. The third-order valence-electron chi connectivity index (χ3n) is 0.795. The molecule has 0 bridgehead atoms. The van der Waals surface area contributed by atoms with Crippen molar-refractivity contribution in [2.75, 3.05) is 27.9 Å². The number of ether oxygens (including phenoxy) is 1. The molecular weight excluding hydrogens is 133 g/mol. The summed E-state index contributed by atoms with van der Waals surface area (Å²) in [5.41, 5.74) is 0. The third kappa shape index (κ3) is 10.8. The van der Waals surface area contributed by atoms with Gasteiger partial charge in [0, 0.05) is 0 Å². The molecule has 0 N–H and O–H groups in total. The summed E-state index contributed by atoms with van der Waals surface area (Å²) in [5.74, 6) is 0. The summed E-state index contributed by atoms with van der Waals surface area (Å²) in [7, 11) is 6.34. The Morgan fingerprint density at radius 2 is 1.60 bits per heavy atom. The number of rotatable bonds is 3. The van der Waals surface area contributed by atoms with E-state index in [9.17, 15) is 0 Å². The second-order valence-corrected chi connectivity index (χ2v) is 3.63. The molecule has 0 rings (SSSR count).